The zero-order valence-corrected chi connectivity index (χ0v) is 17.4. The maximum Gasteiger partial charge on any atom is 0.416 e. The van der Waals surface area contributed by atoms with Crippen molar-refractivity contribution in [1.82, 2.24) is 9.13 Å². The van der Waals surface area contributed by atoms with Crippen LogP contribution in [0.5, 0.6) is 0 Å². The van der Waals surface area contributed by atoms with Crippen molar-refractivity contribution in [3.8, 4) is 0 Å². The maximum atomic E-state index is 13.2. The fourth-order valence-corrected chi connectivity index (χ4v) is 3.41. The van der Waals surface area contributed by atoms with E-state index in [2.05, 4.69) is 0 Å². The molecule has 30 heavy (non-hydrogen) atoms. The lowest BCUT2D eigenvalue weighted by atomic mass is 10.1. The lowest BCUT2D eigenvalue weighted by Crippen LogP contribution is -2.43. The van der Waals surface area contributed by atoms with Gasteiger partial charge in [-0.2, -0.15) is 13.2 Å². The molecular formula is C20H17Cl2F3N2O3. The van der Waals surface area contributed by atoms with Crippen LogP contribution in [0.25, 0.3) is 10.9 Å². The van der Waals surface area contributed by atoms with Gasteiger partial charge in [-0.1, -0.05) is 29.3 Å². The maximum absolute atomic E-state index is 13.2. The van der Waals surface area contributed by atoms with Crippen LogP contribution in [0.2, 0.25) is 10.0 Å². The molecule has 3 rings (SSSR count). The molecule has 10 heteroatoms. The van der Waals surface area contributed by atoms with E-state index in [9.17, 15) is 27.9 Å². The van der Waals surface area contributed by atoms with Gasteiger partial charge in [0.15, 0.2) is 0 Å². The summed E-state index contributed by atoms with van der Waals surface area (Å²) in [6.07, 6.45) is -4.65. The van der Waals surface area contributed by atoms with Crippen LogP contribution >= 0.6 is 23.2 Å². The van der Waals surface area contributed by atoms with E-state index in [1.165, 1.54) is 26.0 Å². The summed E-state index contributed by atoms with van der Waals surface area (Å²) in [7, 11) is 0. The van der Waals surface area contributed by atoms with Gasteiger partial charge in [0.05, 0.1) is 45.2 Å². The average molecular weight is 461 g/mol. The van der Waals surface area contributed by atoms with E-state index in [0.717, 1.165) is 27.3 Å². The number of aliphatic hydroxyl groups is 1. The lowest BCUT2D eigenvalue weighted by molar-refractivity contribution is -0.137. The monoisotopic (exact) mass is 460 g/mol. The first-order valence-electron chi connectivity index (χ1n) is 8.79. The van der Waals surface area contributed by atoms with Gasteiger partial charge in [-0.15, -0.1) is 0 Å². The average Bonchev–Trinajstić information content (AvgIpc) is 2.63. The second-order valence-electron chi connectivity index (χ2n) is 7.55. The standard InChI is InChI=1S/C20H17Cl2F3N2O3/c1-19(2,30)10-27-16-8-12(20(23,24)25)4-5-13(16)17(28)26(18(27)29)9-11-3-6-14(21)15(22)7-11/h3-8,30H,9-10H2,1-2H3. The van der Waals surface area contributed by atoms with Gasteiger partial charge in [0.25, 0.3) is 5.56 Å². The second-order valence-corrected chi connectivity index (χ2v) is 8.36. The third-order valence-electron chi connectivity index (χ3n) is 4.42. The molecule has 1 heterocycles. The van der Waals surface area contributed by atoms with E-state index in [-0.39, 0.29) is 29.0 Å². The van der Waals surface area contributed by atoms with Gasteiger partial charge in [0.2, 0.25) is 0 Å². The van der Waals surface area contributed by atoms with Gasteiger partial charge >= 0.3 is 11.9 Å². The molecule has 0 aliphatic carbocycles. The van der Waals surface area contributed by atoms with Crippen LogP contribution in [-0.4, -0.2) is 19.8 Å². The van der Waals surface area contributed by atoms with Crippen LogP contribution in [-0.2, 0) is 19.3 Å². The molecule has 0 fully saturated rings. The van der Waals surface area contributed by atoms with Crippen molar-refractivity contribution in [2.24, 2.45) is 0 Å². The van der Waals surface area contributed by atoms with Gasteiger partial charge in [0, 0.05) is 0 Å². The summed E-state index contributed by atoms with van der Waals surface area (Å²) in [5.41, 5.74) is -3.71. The summed E-state index contributed by atoms with van der Waals surface area (Å²) in [5, 5.41) is 10.7. The molecule has 1 N–H and O–H groups in total. The molecule has 1 aromatic heterocycles. The van der Waals surface area contributed by atoms with E-state index in [1.54, 1.807) is 6.07 Å². The Balaban J connectivity index is 2.29. The molecule has 0 aliphatic heterocycles. The Morgan fingerprint density at radius 1 is 0.967 bits per heavy atom. The van der Waals surface area contributed by atoms with E-state index >= 15 is 0 Å². The first-order valence-corrected chi connectivity index (χ1v) is 9.54. The first kappa shape index (κ1) is 22.4. The molecule has 0 amide bonds. The third-order valence-corrected chi connectivity index (χ3v) is 5.16. The fourth-order valence-electron chi connectivity index (χ4n) is 3.09. The smallest absolute Gasteiger partial charge is 0.389 e. The van der Waals surface area contributed by atoms with E-state index in [1.807, 2.05) is 0 Å². The van der Waals surface area contributed by atoms with Gasteiger partial charge in [-0.25, -0.2) is 4.79 Å². The Hall–Kier alpha value is -2.29. The number of rotatable bonds is 4. The molecule has 5 nitrogen and oxygen atoms in total. The Morgan fingerprint density at radius 2 is 1.63 bits per heavy atom. The minimum atomic E-state index is -4.65. The minimum Gasteiger partial charge on any atom is -0.389 e. The van der Waals surface area contributed by atoms with Gasteiger partial charge in [-0.05, 0) is 49.7 Å². The zero-order chi connectivity index (χ0) is 22.4. The Morgan fingerprint density at radius 3 is 2.20 bits per heavy atom. The van der Waals surface area contributed by atoms with Crippen LogP contribution < -0.4 is 11.2 Å². The number of fused-ring (bicyclic) bond motifs is 1. The van der Waals surface area contributed by atoms with Crippen molar-refractivity contribution < 1.29 is 18.3 Å². The third kappa shape index (κ3) is 4.55. The van der Waals surface area contributed by atoms with Crippen molar-refractivity contribution in [2.75, 3.05) is 0 Å². The van der Waals surface area contributed by atoms with Crippen LogP contribution in [0.4, 0.5) is 13.2 Å². The summed E-state index contributed by atoms with van der Waals surface area (Å²) >= 11 is 11.9. The lowest BCUT2D eigenvalue weighted by Gasteiger charge is -2.22. The predicted octanol–water partition coefficient (Wildman–Crippen LogP) is 4.31. The molecule has 0 spiro atoms. The molecule has 0 atom stereocenters. The van der Waals surface area contributed by atoms with Crippen LogP contribution in [0, 0.1) is 0 Å². The number of halogens is 5. The molecule has 0 saturated carbocycles. The number of benzene rings is 2. The van der Waals surface area contributed by atoms with Crippen molar-refractivity contribution in [2.45, 2.75) is 38.7 Å². The number of hydrogen-bond acceptors (Lipinski definition) is 3. The van der Waals surface area contributed by atoms with E-state index in [4.69, 9.17) is 23.2 Å². The highest BCUT2D eigenvalue weighted by atomic mass is 35.5. The summed E-state index contributed by atoms with van der Waals surface area (Å²) in [6, 6.07) is 7.15. The minimum absolute atomic E-state index is 0.0769. The Kier molecular flexibility index (Phi) is 5.79. The normalized spacial score (nSPS) is 12.5. The zero-order valence-electron chi connectivity index (χ0n) is 15.9. The molecule has 0 aliphatic rings. The van der Waals surface area contributed by atoms with Gasteiger partial charge in [0.1, 0.15) is 0 Å². The van der Waals surface area contributed by atoms with Crippen molar-refractivity contribution in [1.29, 1.82) is 0 Å². The largest absolute Gasteiger partial charge is 0.416 e. The van der Waals surface area contributed by atoms with Gasteiger partial charge < -0.3 is 5.11 Å². The summed E-state index contributed by atoms with van der Waals surface area (Å²) in [4.78, 5) is 26.0. The van der Waals surface area contributed by atoms with Crippen LogP contribution in [0.1, 0.15) is 25.0 Å². The fraction of sp³-hybridized carbons (Fsp3) is 0.300. The van der Waals surface area contributed by atoms with Crippen LogP contribution in [0.15, 0.2) is 46.0 Å². The molecule has 0 saturated heterocycles. The highest BCUT2D eigenvalue weighted by molar-refractivity contribution is 6.42. The number of hydrogen-bond donors (Lipinski definition) is 1. The van der Waals surface area contributed by atoms with E-state index < -0.39 is 28.6 Å². The molecular weight excluding hydrogens is 444 g/mol. The second kappa shape index (κ2) is 7.76. The van der Waals surface area contributed by atoms with Crippen LogP contribution in [0.3, 0.4) is 0 Å². The number of nitrogens with zero attached hydrogens (tertiary/aromatic N) is 2. The molecule has 0 radical (unpaired) electrons. The SMILES string of the molecule is CC(C)(O)Cn1c(=O)n(Cc2ccc(Cl)c(Cl)c2)c(=O)c2ccc(C(F)(F)F)cc21. The highest BCUT2D eigenvalue weighted by Gasteiger charge is 2.31. The number of alkyl halides is 3. The first-order chi connectivity index (χ1) is 13.8. The molecule has 2 aromatic carbocycles. The topological polar surface area (TPSA) is 64.2 Å². The quantitative estimate of drug-likeness (QED) is 0.630. The Labute approximate surface area is 178 Å². The Bertz CT molecular complexity index is 1240. The van der Waals surface area contributed by atoms with Gasteiger partial charge in [-0.3, -0.25) is 13.9 Å². The number of aromatic nitrogens is 2. The van der Waals surface area contributed by atoms with Crippen molar-refractivity contribution in [3.63, 3.8) is 0 Å². The summed E-state index contributed by atoms with van der Waals surface area (Å²) in [5.74, 6) is 0. The summed E-state index contributed by atoms with van der Waals surface area (Å²) in [6.45, 7) is 2.34. The van der Waals surface area contributed by atoms with Crippen molar-refractivity contribution in [3.05, 3.63) is 78.4 Å². The van der Waals surface area contributed by atoms with E-state index in [0.29, 0.717) is 10.6 Å². The molecule has 0 unspecified atom stereocenters. The highest BCUT2D eigenvalue weighted by Crippen LogP contribution is 2.31. The van der Waals surface area contributed by atoms with Crippen molar-refractivity contribution >= 4 is 34.1 Å². The molecule has 3 aromatic rings. The molecule has 0 bridgehead atoms. The molecule has 160 valence electrons. The predicted molar refractivity (Wildman–Crippen MR) is 109 cm³/mol. The summed E-state index contributed by atoms with van der Waals surface area (Å²) < 4.78 is 41.4.